The summed E-state index contributed by atoms with van der Waals surface area (Å²) in [5.74, 6) is -0.680. The van der Waals surface area contributed by atoms with E-state index in [0.717, 1.165) is 5.56 Å². The molecule has 3 rings (SSSR count). The summed E-state index contributed by atoms with van der Waals surface area (Å²) in [5.41, 5.74) is 2.22. The number of nitriles is 1. The van der Waals surface area contributed by atoms with E-state index in [0.29, 0.717) is 22.0 Å². The van der Waals surface area contributed by atoms with Gasteiger partial charge in [0.05, 0.1) is 5.02 Å². The van der Waals surface area contributed by atoms with Crippen LogP contribution in [0.4, 0.5) is 11.4 Å². The number of phenolic OH excluding ortho intramolecular Hbond substituents is 1. The van der Waals surface area contributed by atoms with Crippen molar-refractivity contribution in [1.29, 1.82) is 5.26 Å². The van der Waals surface area contributed by atoms with Crippen molar-refractivity contribution >= 4 is 52.5 Å². The Kier molecular flexibility index (Phi) is 8.14. The zero-order valence-electron chi connectivity index (χ0n) is 17.9. The first kappa shape index (κ1) is 24.6. The molecule has 0 atom stereocenters. The SMILES string of the molecule is Cc1ccc(NC(=O)COc2ccc(/C=C(\C#N)C(=O)Nc3ccc(O)cc3)cc2Cl)cc1Cl. The third-order valence-corrected chi connectivity index (χ3v) is 5.27. The van der Waals surface area contributed by atoms with Crippen LogP contribution >= 0.6 is 23.2 Å². The van der Waals surface area contributed by atoms with E-state index in [1.807, 2.05) is 13.0 Å². The van der Waals surface area contributed by atoms with Gasteiger partial charge >= 0.3 is 0 Å². The standard InChI is InChI=1S/C25H19Cl2N3O4/c1-15-2-4-19(12-21(15)26)29-24(32)14-34-23-9-3-16(11-22(23)27)10-17(13-28)25(33)30-18-5-7-20(31)8-6-18/h2-12,31H,14H2,1H3,(H,29,32)(H,30,33)/b17-10+. The van der Waals surface area contributed by atoms with Gasteiger partial charge in [0.2, 0.25) is 0 Å². The number of amides is 2. The first-order valence-corrected chi connectivity index (χ1v) is 10.7. The Labute approximate surface area is 206 Å². The molecule has 3 aromatic carbocycles. The number of nitrogens with one attached hydrogen (secondary N) is 2. The van der Waals surface area contributed by atoms with E-state index in [2.05, 4.69) is 10.6 Å². The average molecular weight is 496 g/mol. The van der Waals surface area contributed by atoms with Gasteiger partial charge in [-0.15, -0.1) is 0 Å². The molecule has 0 aliphatic rings. The van der Waals surface area contributed by atoms with Gasteiger partial charge in [0.25, 0.3) is 11.8 Å². The Hall–Kier alpha value is -3.99. The van der Waals surface area contributed by atoms with Crippen LogP contribution in [0.5, 0.6) is 11.5 Å². The maximum absolute atomic E-state index is 12.4. The molecule has 34 heavy (non-hydrogen) atoms. The van der Waals surface area contributed by atoms with Crippen LogP contribution in [0.15, 0.2) is 66.2 Å². The lowest BCUT2D eigenvalue weighted by atomic mass is 10.1. The van der Waals surface area contributed by atoms with Gasteiger partial charge in [-0.25, -0.2) is 0 Å². The number of halogens is 2. The molecule has 7 nitrogen and oxygen atoms in total. The Morgan fingerprint density at radius 1 is 1.00 bits per heavy atom. The average Bonchev–Trinajstić information content (AvgIpc) is 2.80. The molecule has 0 aliphatic heterocycles. The molecule has 3 N–H and O–H groups in total. The van der Waals surface area contributed by atoms with Gasteiger partial charge in [0.1, 0.15) is 23.1 Å². The van der Waals surface area contributed by atoms with Crippen LogP contribution in [0, 0.1) is 18.3 Å². The Morgan fingerprint density at radius 2 is 1.71 bits per heavy atom. The van der Waals surface area contributed by atoms with Crippen molar-refractivity contribution in [1.82, 2.24) is 0 Å². The Morgan fingerprint density at radius 3 is 2.35 bits per heavy atom. The maximum atomic E-state index is 12.4. The number of hydrogen-bond donors (Lipinski definition) is 3. The predicted molar refractivity (Wildman–Crippen MR) is 132 cm³/mol. The number of phenols is 1. The summed E-state index contributed by atoms with van der Waals surface area (Å²) in [6.45, 7) is 1.58. The van der Waals surface area contributed by atoms with Crippen LogP contribution in [0.1, 0.15) is 11.1 Å². The lowest BCUT2D eigenvalue weighted by Gasteiger charge is -2.10. The maximum Gasteiger partial charge on any atom is 0.266 e. The second kappa shape index (κ2) is 11.2. The molecular formula is C25H19Cl2N3O4. The predicted octanol–water partition coefficient (Wildman–Crippen LogP) is 5.57. The zero-order chi connectivity index (χ0) is 24.7. The van der Waals surface area contributed by atoms with Crippen LogP contribution in [-0.2, 0) is 9.59 Å². The second-order valence-corrected chi connectivity index (χ2v) is 7.98. The van der Waals surface area contributed by atoms with Crippen molar-refractivity contribution in [3.63, 3.8) is 0 Å². The highest BCUT2D eigenvalue weighted by Crippen LogP contribution is 2.27. The number of carbonyl (C=O) groups excluding carboxylic acids is 2. The van der Waals surface area contributed by atoms with Gasteiger partial charge < -0.3 is 20.5 Å². The number of ether oxygens (including phenoxy) is 1. The number of aryl methyl sites for hydroxylation is 1. The molecule has 2 amide bonds. The summed E-state index contributed by atoms with van der Waals surface area (Å²) < 4.78 is 5.48. The molecule has 9 heteroatoms. The lowest BCUT2D eigenvalue weighted by Crippen LogP contribution is -2.20. The fraction of sp³-hybridized carbons (Fsp3) is 0.0800. The van der Waals surface area contributed by atoms with Crippen molar-refractivity contribution in [2.24, 2.45) is 0 Å². The highest BCUT2D eigenvalue weighted by atomic mass is 35.5. The number of benzene rings is 3. The summed E-state index contributed by atoms with van der Waals surface area (Å²) in [5, 5.41) is 24.7. The minimum atomic E-state index is -0.613. The molecule has 0 heterocycles. The number of hydrogen-bond acceptors (Lipinski definition) is 5. The van der Waals surface area contributed by atoms with Gasteiger partial charge in [-0.05, 0) is 72.7 Å². The molecule has 0 saturated heterocycles. The summed E-state index contributed by atoms with van der Waals surface area (Å²) in [7, 11) is 0. The first-order chi connectivity index (χ1) is 16.2. The van der Waals surface area contributed by atoms with E-state index in [1.165, 1.54) is 42.5 Å². The van der Waals surface area contributed by atoms with Crippen LogP contribution < -0.4 is 15.4 Å². The summed E-state index contributed by atoms with van der Waals surface area (Å²) >= 11 is 12.3. The topological polar surface area (TPSA) is 111 Å². The summed E-state index contributed by atoms with van der Waals surface area (Å²) in [6.07, 6.45) is 1.37. The van der Waals surface area contributed by atoms with Crippen molar-refractivity contribution in [3.05, 3.63) is 87.4 Å². The highest BCUT2D eigenvalue weighted by molar-refractivity contribution is 6.32. The summed E-state index contributed by atoms with van der Waals surface area (Å²) in [6, 6.07) is 17.5. The number of carbonyl (C=O) groups is 2. The molecule has 0 radical (unpaired) electrons. The first-order valence-electron chi connectivity index (χ1n) is 9.95. The van der Waals surface area contributed by atoms with Crippen LogP contribution in [0.2, 0.25) is 10.0 Å². The molecule has 0 bridgehead atoms. The van der Waals surface area contributed by atoms with Gasteiger partial charge in [-0.2, -0.15) is 5.26 Å². The number of anilines is 2. The number of rotatable bonds is 7. The van der Waals surface area contributed by atoms with E-state index in [4.69, 9.17) is 27.9 Å². The van der Waals surface area contributed by atoms with Crippen LogP contribution in [0.3, 0.4) is 0 Å². The molecule has 0 spiro atoms. The molecular weight excluding hydrogens is 477 g/mol. The van der Waals surface area contributed by atoms with Crippen molar-refractivity contribution < 1.29 is 19.4 Å². The Balaban J connectivity index is 1.62. The van der Waals surface area contributed by atoms with Gasteiger partial charge in [-0.3, -0.25) is 9.59 Å². The lowest BCUT2D eigenvalue weighted by molar-refractivity contribution is -0.118. The van der Waals surface area contributed by atoms with E-state index in [-0.39, 0.29) is 28.7 Å². The van der Waals surface area contributed by atoms with Gasteiger partial charge in [0, 0.05) is 16.4 Å². The molecule has 3 aromatic rings. The van der Waals surface area contributed by atoms with E-state index < -0.39 is 11.8 Å². The molecule has 0 saturated carbocycles. The third-order valence-electron chi connectivity index (χ3n) is 4.57. The van der Waals surface area contributed by atoms with Crippen LogP contribution in [0.25, 0.3) is 6.08 Å². The van der Waals surface area contributed by atoms with Gasteiger partial charge in [0.15, 0.2) is 6.61 Å². The van der Waals surface area contributed by atoms with E-state index in [1.54, 1.807) is 24.3 Å². The quantitative estimate of drug-likeness (QED) is 0.225. The van der Waals surface area contributed by atoms with Crippen molar-refractivity contribution in [2.75, 3.05) is 17.2 Å². The smallest absolute Gasteiger partial charge is 0.266 e. The van der Waals surface area contributed by atoms with Crippen molar-refractivity contribution in [2.45, 2.75) is 6.92 Å². The monoisotopic (exact) mass is 495 g/mol. The minimum Gasteiger partial charge on any atom is -0.508 e. The normalized spacial score (nSPS) is 10.8. The largest absolute Gasteiger partial charge is 0.508 e. The molecule has 0 fully saturated rings. The van der Waals surface area contributed by atoms with Crippen LogP contribution in [-0.4, -0.2) is 23.5 Å². The fourth-order valence-corrected chi connectivity index (χ4v) is 3.22. The van der Waals surface area contributed by atoms with E-state index in [9.17, 15) is 20.0 Å². The Bertz CT molecular complexity index is 1300. The zero-order valence-corrected chi connectivity index (χ0v) is 19.4. The number of aromatic hydroxyl groups is 1. The molecule has 172 valence electrons. The molecule has 0 aromatic heterocycles. The van der Waals surface area contributed by atoms with E-state index >= 15 is 0 Å². The van der Waals surface area contributed by atoms with Crippen molar-refractivity contribution in [3.8, 4) is 17.6 Å². The molecule has 0 aliphatic carbocycles. The minimum absolute atomic E-state index is 0.0584. The fourth-order valence-electron chi connectivity index (χ4n) is 2.79. The molecule has 0 unspecified atom stereocenters. The number of nitrogens with zero attached hydrogens (tertiary/aromatic N) is 1. The third kappa shape index (κ3) is 6.75. The highest BCUT2D eigenvalue weighted by Gasteiger charge is 2.12. The second-order valence-electron chi connectivity index (χ2n) is 7.16. The summed E-state index contributed by atoms with van der Waals surface area (Å²) in [4.78, 5) is 24.5. The van der Waals surface area contributed by atoms with Gasteiger partial charge in [-0.1, -0.05) is 35.3 Å².